The molecule has 0 amide bonds. The zero-order valence-electron chi connectivity index (χ0n) is 19.5. The van der Waals surface area contributed by atoms with Gasteiger partial charge in [-0.15, -0.1) is 0 Å². The molecule has 8 nitrogen and oxygen atoms in total. The second kappa shape index (κ2) is 10.1. The lowest BCUT2D eigenvalue weighted by Gasteiger charge is -2.20. The smallest absolute Gasteiger partial charge is 0.329 e. The Morgan fingerprint density at radius 2 is 1.89 bits per heavy atom. The van der Waals surface area contributed by atoms with Gasteiger partial charge in [0.2, 0.25) is 5.88 Å². The number of hydrogen-bond acceptors (Lipinski definition) is 5. The Morgan fingerprint density at radius 1 is 1.17 bits per heavy atom. The summed E-state index contributed by atoms with van der Waals surface area (Å²) in [5.41, 5.74) is 1.78. The van der Waals surface area contributed by atoms with Crippen molar-refractivity contribution < 1.29 is 19.3 Å². The monoisotopic (exact) mass is 544 g/mol. The number of aryl methyl sites for hydroxylation is 1. The lowest BCUT2D eigenvalue weighted by molar-refractivity contribution is 0.201. The number of benzene rings is 2. The van der Waals surface area contributed by atoms with Crippen molar-refractivity contribution >= 4 is 15.9 Å². The Hall–Kier alpha value is -3.37. The average Bonchev–Trinajstić information content (AvgIpc) is 3.32. The number of imidazole rings is 2. The zero-order chi connectivity index (χ0) is 25.3. The van der Waals surface area contributed by atoms with Gasteiger partial charge in [-0.3, -0.25) is 4.57 Å². The van der Waals surface area contributed by atoms with E-state index in [9.17, 15) is 14.3 Å². The molecule has 2 aromatic carbocycles. The highest BCUT2D eigenvalue weighted by atomic mass is 79.9. The van der Waals surface area contributed by atoms with Gasteiger partial charge >= 0.3 is 5.69 Å². The Labute approximate surface area is 209 Å². The summed E-state index contributed by atoms with van der Waals surface area (Å²) >= 11 is 3.26. The van der Waals surface area contributed by atoms with Crippen molar-refractivity contribution in [2.45, 2.75) is 26.8 Å². The van der Waals surface area contributed by atoms with Gasteiger partial charge < -0.3 is 24.9 Å². The van der Waals surface area contributed by atoms with Gasteiger partial charge in [0.1, 0.15) is 35.7 Å². The molecule has 0 radical (unpaired) electrons. The highest BCUT2D eigenvalue weighted by Crippen LogP contribution is 2.35. The molecule has 0 aliphatic heterocycles. The average molecular weight is 545 g/mol. The Morgan fingerprint density at radius 3 is 2.51 bits per heavy atom. The topological polar surface area (TPSA) is 116 Å². The number of H-pyrrole nitrogens is 2. The molecule has 184 valence electrons. The summed E-state index contributed by atoms with van der Waals surface area (Å²) in [5.74, 6) is 0.207. The minimum Gasteiger partial charge on any atom is -0.493 e. The first-order chi connectivity index (χ1) is 16.7. The first-order valence-corrected chi connectivity index (χ1v) is 11.9. The van der Waals surface area contributed by atoms with E-state index >= 15 is 0 Å². The third-order valence-corrected chi connectivity index (χ3v) is 6.18. The van der Waals surface area contributed by atoms with Crippen LogP contribution in [0.1, 0.15) is 31.4 Å². The maximum Gasteiger partial charge on any atom is 0.329 e. The maximum absolute atomic E-state index is 14.6. The van der Waals surface area contributed by atoms with Crippen molar-refractivity contribution in [1.29, 1.82) is 0 Å². The van der Waals surface area contributed by atoms with Crippen LogP contribution >= 0.6 is 15.9 Å². The molecule has 0 bridgehead atoms. The van der Waals surface area contributed by atoms with E-state index < -0.39 is 17.5 Å². The van der Waals surface area contributed by atoms with E-state index in [4.69, 9.17) is 9.84 Å². The summed E-state index contributed by atoms with van der Waals surface area (Å²) in [6.07, 6.45) is 0. The van der Waals surface area contributed by atoms with Crippen molar-refractivity contribution in [3.05, 3.63) is 74.8 Å². The fraction of sp³-hybridized carbons (Fsp3) is 0.280. The molecule has 0 fully saturated rings. The summed E-state index contributed by atoms with van der Waals surface area (Å²) in [5, 5.41) is 20.0. The van der Waals surface area contributed by atoms with Crippen molar-refractivity contribution in [3.8, 4) is 34.1 Å². The Kier molecular flexibility index (Phi) is 7.13. The standard InChI is InChI=1S/C25H26BrFN4O4/c1-13(2)22(23-28-14(3)20(29-23)18-9-6-16(26)12-19(18)27)31-24(33)21(30-25(31)34)15-4-7-17(8-5-15)35-11-10-32/h4-9,12-13,22,32-33H,10-11H2,1-3H3,(H,28,29)(H,30,34)/t22-/m0/s1. The molecule has 0 aliphatic carbocycles. The zero-order valence-corrected chi connectivity index (χ0v) is 21.1. The van der Waals surface area contributed by atoms with Crippen LogP contribution in [0.25, 0.3) is 22.5 Å². The molecule has 1 atom stereocenters. The van der Waals surface area contributed by atoms with E-state index in [0.29, 0.717) is 38.6 Å². The summed E-state index contributed by atoms with van der Waals surface area (Å²) in [6, 6.07) is 10.9. The van der Waals surface area contributed by atoms with E-state index in [0.717, 1.165) is 0 Å². The van der Waals surface area contributed by atoms with Crippen LogP contribution < -0.4 is 10.4 Å². The van der Waals surface area contributed by atoms with E-state index in [1.807, 2.05) is 13.8 Å². The number of rotatable bonds is 8. The summed E-state index contributed by atoms with van der Waals surface area (Å²) in [7, 11) is 0. The van der Waals surface area contributed by atoms with Crippen LogP contribution in [0.2, 0.25) is 0 Å². The summed E-state index contributed by atoms with van der Waals surface area (Å²) in [6.45, 7) is 5.68. The number of aromatic amines is 2. The Balaban J connectivity index is 1.74. The molecule has 4 N–H and O–H groups in total. The van der Waals surface area contributed by atoms with Gasteiger partial charge in [-0.25, -0.2) is 14.2 Å². The molecule has 2 heterocycles. The number of aliphatic hydroxyl groups is 1. The molecule has 10 heteroatoms. The van der Waals surface area contributed by atoms with Crippen LogP contribution in [0.4, 0.5) is 4.39 Å². The predicted octanol–water partition coefficient (Wildman–Crippen LogP) is 4.77. The minimum atomic E-state index is -0.634. The number of ether oxygens (including phenoxy) is 1. The number of aliphatic hydroxyl groups excluding tert-OH is 1. The molecule has 0 spiro atoms. The maximum atomic E-state index is 14.6. The highest BCUT2D eigenvalue weighted by molar-refractivity contribution is 9.10. The molecule has 0 saturated carbocycles. The van der Waals surface area contributed by atoms with Gasteiger partial charge in [0, 0.05) is 21.3 Å². The van der Waals surface area contributed by atoms with Crippen LogP contribution in [-0.2, 0) is 0 Å². The first kappa shape index (κ1) is 24.7. The van der Waals surface area contributed by atoms with E-state index in [2.05, 4.69) is 30.9 Å². The van der Waals surface area contributed by atoms with Crippen molar-refractivity contribution in [1.82, 2.24) is 19.5 Å². The quantitative estimate of drug-likeness (QED) is 0.255. The van der Waals surface area contributed by atoms with Crippen molar-refractivity contribution in [2.24, 2.45) is 5.92 Å². The molecule has 0 unspecified atom stereocenters. The predicted molar refractivity (Wildman–Crippen MR) is 134 cm³/mol. The Bertz CT molecular complexity index is 1390. The molecule has 35 heavy (non-hydrogen) atoms. The number of nitrogens with zero attached hydrogens (tertiary/aromatic N) is 2. The minimum absolute atomic E-state index is 0.0995. The summed E-state index contributed by atoms with van der Waals surface area (Å²) < 4.78 is 21.9. The van der Waals surface area contributed by atoms with Gasteiger partial charge in [-0.05, 0) is 55.3 Å². The molecular formula is C25H26BrFN4O4. The van der Waals surface area contributed by atoms with Crippen molar-refractivity contribution in [2.75, 3.05) is 13.2 Å². The number of aromatic hydroxyl groups is 1. The van der Waals surface area contributed by atoms with Gasteiger partial charge in [-0.1, -0.05) is 29.8 Å². The van der Waals surface area contributed by atoms with Gasteiger partial charge in [0.25, 0.3) is 0 Å². The van der Waals surface area contributed by atoms with E-state index in [1.54, 1.807) is 43.3 Å². The first-order valence-electron chi connectivity index (χ1n) is 11.1. The highest BCUT2D eigenvalue weighted by Gasteiger charge is 2.29. The van der Waals surface area contributed by atoms with E-state index in [1.165, 1.54) is 10.6 Å². The third-order valence-electron chi connectivity index (χ3n) is 5.68. The molecule has 4 rings (SSSR count). The van der Waals surface area contributed by atoms with Gasteiger partial charge in [-0.2, -0.15) is 0 Å². The third kappa shape index (κ3) is 4.89. The van der Waals surface area contributed by atoms with Crippen molar-refractivity contribution in [3.63, 3.8) is 0 Å². The molecule has 0 aliphatic rings. The number of hydrogen-bond donors (Lipinski definition) is 4. The molecular weight excluding hydrogens is 519 g/mol. The second-order valence-electron chi connectivity index (χ2n) is 8.50. The van der Waals surface area contributed by atoms with Crippen LogP contribution in [0.3, 0.4) is 0 Å². The second-order valence-corrected chi connectivity index (χ2v) is 9.42. The van der Waals surface area contributed by atoms with Crippen LogP contribution in [-0.4, -0.2) is 42.9 Å². The van der Waals surface area contributed by atoms with Gasteiger partial charge in [0.15, 0.2) is 0 Å². The number of aromatic nitrogens is 4. The number of halogens is 2. The van der Waals surface area contributed by atoms with Crippen LogP contribution in [0.5, 0.6) is 11.6 Å². The lowest BCUT2D eigenvalue weighted by atomic mass is 10.0. The molecule has 4 aromatic rings. The van der Waals surface area contributed by atoms with Crippen LogP contribution in [0, 0.1) is 18.7 Å². The van der Waals surface area contributed by atoms with Crippen LogP contribution in [0.15, 0.2) is 51.7 Å². The normalized spacial score (nSPS) is 12.3. The van der Waals surface area contributed by atoms with E-state index in [-0.39, 0.29) is 30.7 Å². The fourth-order valence-electron chi connectivity index (χ4n) is 4.08. The molecule has 0 saturated heterocycles. The SMILES string of the molecule is Cc1[nH]c([C@H](C(C)C)n2c(O)c(-c3ccc(OCCO)cc3)[nH]c2=O)nc1-c1ccc(Br)cc1F. The van der Waals surface area contributed by atoms with Gasteiger partial charge in [0.05, 0.1) is 12.3 Å². The molecule has 2 aromatic heterocycles. The lowest BCUT2D eigenvalue weighted by Crippen LogP contribution is -2.27. The fourth-order valence-corrected chi connectivity index (χ4v) is 4.42. The summed E-state index contributed by atoms with van der Waals surface area (Å²) in [4.78, 5) is 23.6. The largest absolute Gasteiger partial charge is 0.493 e. The number of nitrogens with one attached hydrogen (secondary N) is 2.